The van der Waals surface area contributed by atoms with Crippen LogP contribution in [0, 0.1) is 6.92 Å². The van der Waals surface area contributed by atoms with Crippen LogP contribution in [-0.2, 0) is 0 Å². The molecule has 1 aromatic carbocycles. The van der Waals surface area contributed by atoms with E-state index in [4.69, 9.17) is 10.5 Å². The predicted molar refractivity (Wildman–Crippen MR) is 97.4 cm³/mol. The highest BCUT2D eigenvalue weighted by Gasteiger charge is 2.21. The summed E-state index contributed by atoms with van der Waals surface area (Å²) >= 11 is 0. The Labute approximate surface area is 147 Å². The van der Waals surface area contributed by atoms with Gasteiger partial charge in [-0.1, -0.05) is 0 Å². The summed E-state index contributed by atoms with van der Waals surface area (Å²) in [5.41, 5.74) is 7.36. The molecule has 1 aliphatic rings. The third-order valence-corrected chi connectivity index (χ3v) is 4.28. The van der Waals surface area contributed by atoms with Crippen molar-refractivity contribution in [3.63, 3.8) is 0 Å². The Hall–Kier alpha value is -2.67. The van der Waals surface area contributed by atoms with Gasteiger partial charge in [0.2, 0.25) is 5.88 Å². The molecule has 0 spiro atoms. The van der Waals surface area contributed by atoms with Crippen LogP contribution in [0.3, 0.4) is 0 Å². The molecule has 1 fully saturated rings. The number of rotatable bonds is 4. The van der Waals surface area contributed by atoms with Crippen molar-refractivity contribution in [2.75, 3.05) is 43.9 Å². The van der Waals surface area contributed by atoms with Crippen LogP contribution in [0.1, 0.15) is 23.1 Å². The highest BCUT2D eigenvalue weighted by molar-refractivity contribution is 5.94. The molecule has 1 aromatic heterocycles. The van der Waals surface area contributed by atoms with Crippen molar-refractivity contribution in [3.8, 4) is 11.6 Å². The van der Waals surface area contributed by atoms with E-state index in [0.717, 1.165) is 32.0 Å². The first-order chi connectivity index (χ1) is 11.9. The van der Waals surface area contributed by atoms with Crippen molar-refractivity contribution in [2.24, 2.45) is 0 Å². The number of ether oxygens (including phenoxy) is 1. The van der Waals surface area contributed by atoms with E-state index in [1.54, 1.807) is 24.3 Å². The number of Topliss-reactive ketones (excluding diaryl/α,β-unsaturated/α-hetero) is 1. The molecule has 0 atom stereocenters. The third kappa shape index (κ3) is 3.88. The summed E-state index contributed by atoms with van der Waals surface area (Å²) in [6.07, 6.45) is 0. The fourth-order valence-corrected chi connectivity index (χ4v) is 2.75. The molecule has 0 amide bonds. The molecule has 0 radical (unpaired) electrons. The average molecular weight is 341 g/mol. The van der Waals surface area contributed by atoms with Gasteiger partial charge >= 0.3 is 0 Å². The molecule has 0 aliphatic carbocycles. The third-order valence-electron chi connectivity index (χ3n) is 4.28. The molecule has 3 rings (SSSR count). The second-order valence-corrected chi connectivity index (χ2v) is 6.29. The Balaban J connectivity index is 1.85. The van der Waals surface area contributed by atoms with Crippen molar-refractivity contribution in [1.29, 1.82) is 0 Å². The number of ketones is 1. The van der Waals surface area contributed by atoms with Crippen molar-refractivity contribution in [3.05, 3.63) is 35.7 Å². The van der Waals surface area contributed by atoms with Crippen LogP contribution in [-0.4, -0.2) is 53.9 Å². The lowest BCUT2D eigenvalue weighted by Crippen LogP contribution is -2.45. The van der Waals surface area contributed by atoms with E-state index in [9.17, 15) is 4.79 Å². The Morgan fingerprint density at radius 2 is 1.76 bits per heavy atom. The van der Waals surface area contributed by atoms with E-state index >= 15 is 0 Å². The van der Waals surface area contributed by atoms with Crippen molar-refractivity contribution < 1.29 is 9.53 Å². The van der Waals surface area contributed by atoms with E-state index in [1.165, 1.54) is 6.92 Å². The van der Waals surface area contributed by atoms with E-state index in [1.807, 2.05) is 6.92 Å². The number of aromatic nitrogens is 2. The maximum Gasteiger partial charge on any atom is 0.248 e. The monoisotopic (exact) mass is 341 g/mol. The highest BCUT2D eigenvalue weighted by atomic mass is 16.5. The SMILES string of the molecule is CC(=O)c1ccc(Oc2nc(C)nc(N3CCN(C)CC3)c2N)cc1. The number of aryl methyl sites for hydroxylation is 1. The summed E-state index contributed by atoms with van der Waals surface area (Å²) < 4.78 is 5.85. The fraction of sp³-hybridized carbons (Fsp3) is 0.389. The molecule has 7 heteroatoms. The average Bonchev–Trinajstić information content (AvgIpc) is 2.59. The van der Waals surface area contributed by atoms with Crippen LogP contribution in [0.5, 0.6) is 11.6 Å². The number of nitrogen functional groups attached to an aromatic ring is 1. The molecule has 132 valence electrons. The molecule has 0 saturated carbocycles. The second-order valence-electron chi connectivity index (χ2n) is 6.29. The maximum absolute atomic E-state index is 11.4. The number of carbonyl (C=O) groups excluding carboxylic acids is 1. The maximum atomic E-state index is 11.4. The van der Waals surface area contributed by atoms with Gasteiger partial charge in [0.1, 0.15) is 17.3 Å². The summed E-state index contributed by atoms with van der Waals surface area (Å²) in [4.78, 5) is 24.6. The first kappa shape index (κ1) is 17.2. The summed E-state index contributed by atoms with van der Waals surface area (Å²) in [6.45, 7) is 7.01. The summed E-state index contributed by atoms with van der Waals surface area (Å²) in [6, 6.07) is 6.93. The Morgan fingerprint density at radius 1 is 1.12 bits per heavy atom. The molecule has 2 N–H and O–H groups in total. The van der Waals surface area contributed by atoms with E-state index in [2.05, 4.69) is 26.8 Å². The number of anilines is 2. The van der Waals surface area contributed by atoms with E-state index in [0.29, 0.717) is 28.7 Å². The molecule has 1 saturated heterocycles. The topological polar surface area (TPSA) is 84.6 Å². The molecule has 2 aromatic rings. The number of hydrogen-bond donors (Lipinski definition) is 1. The molecule has 1 aliphatic heterocycles. The fourth-order valence-electron chi connectivity index (χ4n) is 2.75. The second kappa shape index (κ2) is 7.06. The molecule has 0 unspecified atom stereocenters. The van der Waals surface area contributed by atoms with Gasteiger partial charge in [-0.25, -0.2) is 4.98 Å². The smallest absolute Gasteiger partial charge is 0.248 e. The molecule has 0 bridgehead atoms. The van der Waals surface area contributed by atoms with Gasteiger partial charge in [0, 0.05) is 31.7 Å². The lowest BCUT2D eigenvalue weighted by Gasteiger charge is -2.33. The minimum absolute atomic E-state index is 0.0151. The minimum Gasteiger partial charge on any atom is -0.437 e. The number of nitrogens with zero attached hydrogens (tertiary/aromatic N) is 4. The summed E-state index contributed by atoms with van der Waals surface area (Å²) in [5.74, 6) is 2.27. The Morgan fingerprint density at radius 3 is 2.36 bits per heavy atom. The summed E-state index contributed by atoms with van der Waals surface area (Å²) in [5, 5.41) is 0. The van der Waals surface area contributed by atoms with Crippen LogP contribution < -0.4 is 15.4 Å². The standard InChI is InChI=1S/C18H23N5O2/c1-12(24)14-4-6-15(7-5-14)25-18-16(19)17(20-13(2)21-18)23-10-8-22(3)9-11-23/h4-7H,8-11,19H2,1-3H3. The zero-order chi connectivity index (χ0) is 18.0. The van der Waals surface area contributed by atoms with E-state index in [-0.39, 0.29) is 5.78 Å². The van der Waals surface area contributed by atoms with Gasteiger partial charge in [0.15, 0.2) is 11.6 Å². The van der Waals surface area contributed by atoms with Gasteiger partial charge < -0.3 is 20.3 Å². The van der Waals surface area contributed by atoms with Crippen LogP contribution in [0.15, 0.2) is 24.3 Å². The van der Waals surface area contributed by atoms with E-state index < -0.39 is 0 Å². The molecule has 7 nitrogen and oxygen atoms in total. The molecule has 25 heavy (non-hydrogen) atoms. The van der Waals surface area contributed by atoms with Gasteiger partial charge in [-0.15, -0.1) is 0 Å². The molecular weight excluding hydrogens is 318 g/mol. The normalized spacial score (nSPS) is 15.2. The number of nitrogens with two attached hydrogens (primary N) is 1. The number of carbonyl (C=O) groups is 1. The molecule has 2 heterocycles. The van der Waals surface area contributed by atoms with Gasteiger partial charge in [0.05, 0.1) is 0 Å². The summed E-state index contributed by atoms with van der Waals surface area (Å²) in [7, 11) is 2.10. The minimum atomic E-state index is 0.0151. The van der Waals surface area contributed by atoms with Gasteiger partial charge in [-0.05, 0) is 45.2 Å². The van der Waals surface area contributed by atoms with Gasteiger partial charge in [-0.3, -0.25) is 4.79 Å². The predicted octanol–water partition coefficient (Wildman–Crippen LogP) is 2.11. The van der Waals surface area contributed by atoms with Crippen molar-refractivity contribution in [2.45, 2.75) is 13.8 Å². The van der Waals surface area contributed by atoms with Crippen molar-refractivity contribution >= 4 is 17.3 Å². The Bertz CT molecular complexity index is 768. The lowest BCUT2D eigenvalue weighted by molar-refractivity contribution is 0.101. The number of benzene rings is 1. The zero-order valence-electron chi connectivity index (χ0n) is 14.8. The largest absolute Gasteiger partial charge is 0.437 e. The Kier molecular flexibility index (Phi) is 4.85. The lowest BCUT2D eigenvalue weighted by atomic mass is 10.1. The van der Waals surface area contributed by atoms with Crippen molar-refractivity contribution in [1.82, 2.24) is 14.9 Å². The van der Waals surface area contributed by atoms with Gasteiger partial charge in [0.25, 0.3) is 0 Å². The van der Waals surface area contributed by atoms with Crippen LogP contribution in [0.25, 0.3) is 0 Å². The van der Waals surface area contributed by atoms with Crippen LogP contribution in [0.4, 0.5) is 11.5 Å². The number of piperazine rings is 1. The van der Waals surface area contributed by atoms with Crippen LogP contribution >= 0.6 is 0 Å². The number of hydrogen-bond acceptors (Lipinski definition) is 7. The highest BCUT2D eigenvalue weighted by Crippen LogP contribution is 2.32. The quantitative estimate of drug-likeness (QED) is 0.853. The first-order valence-corrected chi connectivity index (χ1v) is 8.30. The van der Waals surface area contributed by atoms with Crippen LogP contribution in [0.2, 0.25) is 0 Å². The van der Waals surface area contributed by atoms with Gasteiger partial charge in [-0.2, -0.15) is 4.98 Å². The molecular formula is C18H23N5O2. The number of likely N-dealkylation sites (N-methyl/N-ethyl adjacent to an activating group) is 1. The first-order valence-electron chi connectivity index (χ1n) is 8.30. The zero-order valence-corrected chi connectivity index (χ0v) is 14.8.